The number of nitrogen functional groups attached to an aromatic ring is 1. The van der Waals surface area contributed by atoms with Crippen LogP contribution in [-0.4, -0.2) is 42.4 Å². The SMILES string of the molecule is COc1cc(Nc2nc(N)c(-c3nc(-c4cccc(NC(=O)c5cc(C)cc(C)c5)c4)no3)s2)cc(OC)c1OC. The van der Waals surface area contributed by atoms with Gasteiger partial charge in [0.15, 0.2) is 16.6 Å². The lowest BCUT2D eigenvalue weighted by Crippen LogP contribution is -2.12. The average Bonchev–Trinajstić information content (AvgIpc) is 3.58. The third kappa shape index (κ3) is 5.92. The van der Waals surface area contributed by atoms with Crippen molar-refractivity contribution >= 4 is 39.6 Å². The highest BCUT2D eigenvalue weighted by atomic mass is 32.1. The quantitative estimate of drug-likeness (QED) is 0.190. The van der Waals surface area contributed by atoms with Gasteiger partial charge in [0, 0.05) is 34.6 Å². The highest BCUT2D eigenvalue weighted by Crippen LogP contribution is 2.42. The lowest BCUT2D eigenvalue weighted by Gasteiger charge is -2.14. The fourth-order valence-electron chi connectivity index (χ4n) is 4.29. The number of methoxy groups -OCH3 is 3. The average molecular weight is 573 g/mol. The van der Waals surface area contributed by atoms with Crippen LogP contribution in [0.2, 0.25) is 0 Å². The lowest BCUT2D eigenvalue weighted by atomic mass is 10.1. The molecule has 0 fully saturated rings. The summed E-state index contributed by atoms with van der Waals surface area (Å²) in [5.41, 5.74) is 10.8. The van der Waals surface area contributed by atoms with Crippen molar-refractivity contribution in [1.82, 2.24) is 15.1 Å². The molecule has 12 heteroatoms. The largest absolute Gasteiger partial charge is 0.493 e. The summed E-state index contributed by atoms with van der Waals surface area (Å²) in [6.45, 7) is 3.92. The van der Waals surface area contributed by atoms with Crippen LogP contribution >= 0.6 is 11.3 Å². The van der Waals surface area contributed by atoms with E-state index in [0.717, 1.165) is 11.1 Å². The van der Waals surface area contributed by atoms with Gasteiger partial charge < -0.3 is 35.1 Å². The Labute approximate surface area is 240 Å². The zero-order valence-electron chi connectivity index (χ0n) is 23.1. The molecule has 0 radical (unpaired) electrons. The van der Waals surface area contributed by atoms with Crippen LogP contribution in [-0.2, 0) is 0 Å². The summed E-state index contributed by atoms with van der Waals surface area (Å²) in [4.78, 5) is 22.3. The van der Waals surface area contributed by atoms with Gasteiger partial charge in [-0.3, -0.25) is 4.79 Å². The summed E-state index contributed by atoms with van der Waals surface area (Å²) in [6, 6.07) is 16.5. The maximum Gasteiger partial charge on any atom is 0.272 e. The zero-order valence-corrected chi connectivity index (χ0v) is 23.9. The summed E-state index contributed by atoms with van der Waals surface area (Å²) in [5.74, 6) is 2.06. The molecule has 0 unspecified atom stereocenters. The fraction of sp³-hybridized carbons (Fsp3) is 0.172. The molecular weight excluding hydrogens is 544 g/mol. The molecule has 1 amide bonds. The number of amides is 1. The molecule has 5 aromatic rings. The predicted octanol–water partition coefficient (Wildman–Crippen LogP) is 6.08. The molecule has 0 saturated carbocycles. The van der Waals surface area contributed by atoms with E-state index in [9.17, 15) is 4.79 Å². The Bertz CT molecular complexity index is 1690. The van der Waals surface area contributed by atoms with E-state index in [1.54, 1.807) is 45.6 Å². The third-order valence-corrected chi connectivity index (χ3v) is 7.03. The van der Waals surface area contributed by atoms with Crippen LogP contribution in [0, 0.1) is 13.8 Å². The van der Waals surface area contributed by atoms with Gasteiger partial charge in [0.05, 0.1) is 21.3 Å². The molecule has 0 aliphatic carbocycles. The van der Waals surface area contributed by atoms with E-state index in [0.29, 0.717) is 55.6 Å². The summed E-state index contributed by atoms with van der Waals surface area (Å²) in [6.07, 6.45) is 0. The van der Waals surface area contributed by atoms with Crippen molar-refractivity contribution in [2.45, 2.75) is 13.8 Å². The summed E-state index contributed by atoms with van der Waals surface area (Å²) < 4.78 is 21.7. The number of aromatic nitrogens is 3. The number of hydrogen-bond donors (Lipinski definition) is 3. The fourth-order valence-corrected chi connectivity index (χ4v) is 5.12. The van der Waals surface area contributed by atoms with Crippen molar-refractivity contribution in [2.75, 3.05) is 37.7 Å². The Balaban J connectivity index is 1.35. The molecule has 210 valence electrons. The van der Waals surface area contributed by atoms with Crippen LogP contribution in [0.1, 0.15) is 21.5 Å². The smallest absolute Gasteiger partial charge is 0.272 e. The molecule has 5 rings (SSSR count). The number of anilines is 4. The van der Waals surface area contributed by atoms with Gasteiger partial charge in [0.25, 0.3) is 11.8 Å². The first kappa shape index (κ1) is 27.5. The van der Waals surface area contributed by atoms with Gasteiger partial charge >= 0.3 is 0 Å². The van der Waals surface area contributed by atoms with Crippen molar-refractivity contribution in [3.8, 4) is 39.4 Å². The van der Waals surface area contributed by atoms with Gasteiger partial charge in [-0.05, 0) is 38.1 Å². The number of carbonyl (C=O) groups excluding carboxylic acids is 1. The number of nitrogens with two attached hydrogens (primary N) is 1. The van der Waals surface area contributed by atoms with Crippen LogP contribution in [0.25, 0.3) is 22.2 Å². The minimum absolute atomic E-state index is 0.202. The van der Waals surface area contributed by atoms with Gasteiger partial charge in [-0.25, -0.2) is 4.98 Å². The van der Waals surface area contributed by atoms with E-state index in [2.05, 4.69) is 25.8 Å². The molecule has 0 aliphatic rings. The molecule has 0 atom stereocenters. The molecule has 2 aromatic heterocycles. The Morgan fingerprint density at radius 2 is 1.61 bits per heavy atom. The number of rotatable bonds is 9. The molecule has 0 saturated heterocycles. The van der Waals surface area contributed by atoms with E-state index in [4.69, 9.17) is 24.5 Å². The van der Waals surface area contributed by atoms with Crippen LogP contribution < -0.4 is 30.6 Å². The first-order valence-electron chi connectivity index (χ1n) is 12.5. The van der Waals surface area contributed by atoms with E-state index in [1.807, 2.05) is 44.2 Å². The van der Waals surface area contributed by atoms with E-state index < -0.39 is 0 Å². The van der Waals surface area contributed by atoms with Crippen molar-refractivity contribution in [3.63, 3.8) is 0 Å². The number of hydrogen-bond acceptors (Lipinski definition) is 11. The van der Waals surface area contributed by atoms with E-state index in [1.165, 1.54) is 11.3 Å². The first-order chi connectivity index (χ1) is 19.8. The van der Waals surface area contributed by atoms with Gasteiger partial charge in [-0.2, -0.15) is 4.98 Å². The predicted molar refractivity (Wildman–Crippen MR) is 159 cm³/mol. The topological polar surface area (TPSA) is 147 Å². The second kappa shape index (κ2) is 11.6. The molecule has 3 aromatic carbocycles. The summed E-state index contributed by atoms with van der Waals surface area (Å²) in [5, 5.41) is 10.8. The number of ether oxygens (including phenoxy) is 3. The maximum atomic E-state index is 12.8. The lowest BCUT2D eigenvalue weighted by molar-refractivity contribution is 0.102. The molecule has 0 spiro atoms. The van der Waals surface area contributed by atoms with Crippen LogP contribution in [0.15, 0.2) is 59.1 Å². The number of aryl methyl sites for hydroxylation is 2. The number of nitrogens with zero attached hydrogens (tertiary/aromatic N) is 3. The second-order valence-corrected chi connectivity index (χ2v) is 10.1. The normalized spacial score (nSPS) is 10.8. The Morgan fingerprint density at radius 3 is 2.27 bits per heavy atom. The van der Waals surface area contributed by atoms with Gasteiger partial charge in [-0.1, -0.05) is 45.8 Å². The van der Waals surface area contributed by atoms with Crippen LogP contribution in [0.5, 0.6) is 17.2 Å². The molecule has 2 heterocycles. The minimum atomic E-state index is -0.202. The highest BCUT2D eigenvalue weighted by Gasteiger charge is 2.20. The first-order valence-corrected chi connectivity index (χ1v) is 13.3. The Hall–Kier alpha value is -5.10. The van der Waals surface area contributed by atoms with Crippen LogP contribution in [0.4, 0.5) is 22.3 Å². The number of thiazole rings is 1. The Morgan fingerprint density at radius 1 is 0.902 bits per heavy atom. The summed E-state index contributed by atoms with van der Waals surface area (Å²) >= 11 is 1.25. The molecule has 0 bridgehead atoms. The molecule has 4 N–H and O–H groups in total. The van der Waals surface area contributed by atoms with Crippen molar-refractivity contribution < 1.29 is 23.5 Å². The van der Waals surface area contributed by atoms with E-state index >= 15 is 0 Å². The number of nitrogens with one attached hydrogen (secondary N) is 2. The van der Waals surface area contributed by atoms with Crippen molar-refractivity contribution in [2.24, 2.45) is 0 Å². The van der Waals surface area contributed by atoms with Gasteiger partial charge in [-0.15, -0.1) is 0 Å². The third-order valence-electron chi connectivity index (χ3n) is 6.05. The highest BCUT2D eigenvalue weighted by molar-refractivity contribution is 7.19. The van der Waals surface area contributed by atoms with Gasteiger partial charge in [0.2, 0.25) is 11.6 Å². The van der Waals surface area contributed by atoms with Crippen LogP contribution in [0.3, 0.4) is 0 Å². The standard InChI is InChI=1S/C29H28N6O5S/c1-15-9-16(2)11-18(10-15)27(36)31-19-8-6-7-17(12-19)26-34-28(40-35-26)24-25(30)33-29(41-24)32-20-13-21(37-3)23(39-5)22(14-20)38-4/h6-14H,30H2,1-5H3,(H,31,36)(H,32,33). The zero-order chi connectivity index (χ0) is 29.1. The maximum absolute atomic E-state index is 12.8. The number of benzene rings is 3. The summed E-state index contributed by atoms with van der Waals surface area (Å²) in [7, 11) is 4.63. The van der Waals surface area contributed by atoms with Gasteiger partial charge in [0.1, 0.15) is 10.7 Å². The molecular formula is C29H28N6O5S. The Kier molecular flexibility index (Phi) is 7.74. The van der Waals surface area contributed by atoms with Crippen molar-refractivity contribution in [3.05, 3.63) is 71.3 Å². The molecule has 41 heavy (non-hydrogen) atoms. The van der Waals surface area contributed by atoms with Crippen molar-refractivity contribution in [1.29, 1.82) is 0 Å². The molecule has 11 nitrogen and oxygen atoms in total. The molecule has 0 aliphatic heterocycles. The minimum Gasteiger partial charge on any atom is -0.493 e. The monoisotopic (exact) mass is 572 g/mol. The second-order valence-electron chi connectivity index (χ2n) is 9.11. The number of carbonyl (C=O) groups is 1. The van der Waals surface area contributed by atoms with E-state index in [-0.39, 0.29) is 17.6 Å².